The number of hydrogen-bond donors (Lipinski definition) is 2. The number of carboxylic acid groups (broad SMARTS) is 1. The number of halogens is 1. The Kier molecular flexibility index (Phi) is 6.38. The van der Waals surface area contributed by atoms with Crippen LogP contribution in [-0.4, -0.2) is 34.6 Å². The van der Waals surface area contributed by atoms with E-state index < -0.39 is 38.5 Å². The maximum absolute atomic E-state index is 12.3. The van der Waals surface area contributed by atoms with E-state index in [9.17, 15) is 23.3 Å². The summed E-state index contributed by atoms with van der Waals surface area (Å²) in [4.78, 5) is 21.9. The van der Waals surface area contributed by atoms with Crippen molar-refractivity contribution in [3.05, 3.63) is 63.2 Å². The van der Waals surface area contributed by atoms with Gasteiger partial charge in [0.25, 0.3) is 5.69 Å². The summed E-state index contributed by atoms with van der Waals surface area (Å²) in [6, 6.07) is 8.65. The molecule has 0 spiro atoms. The van der Waals surface area contributed by atoms with Crippen LogP contribution in [0.25, 0.3) is 0 Å². The van der Waals surface area contributed by atoms with Crippen molar-refractivity contribution in [2.24, 2.45) is 5.73 Å². The van der Waals surface area contributed by atoms with Gasteiger partial charge in [-0.25, -0.2) is 9.69 Å². The summed E-state index contributed by atoms with van der Waals surface area (Å²) in [6.45, 7) is -0.501. The first-order chi connectivity index (χ1) is 13.0. The van der Waals surface area contributed by atoms with Crippen LogP contribution in [0.2, 0.25) is 5.02 Å². The average molecular weight is 446 g/mol. The molecule has 0 radical (unpaired) electrons. The van der Waals surface area contributed by atoms with Gasteiger partial charge in [-0.1, -0.05) is 23.7 Å². The molecule has 0 saturated carbocycles. The Labute approximate surface area is 169 Å². The summed E-state index contributed by atoms with van der Waals surface area (Å²) in [5.74, 6) is -0.354. The molecule has 2 aromatic rings. The number of hydrogen-bond acceptors (Lipinski definition) is 7. The third-order valence-corrected chi connectivity index (χ3v) is 5.36. The van der Waals surface area contributed by atoms with Gasteiger partial charge in [0.2, 0.25) is 0 Å². The van der Waals surface area contributed by atoms with E-state index in [0.717, 1.165) is 18.2 Å². The molecular weight excluding hydrogens is 434 g/mol. The molecule has 2 rings (SSSR count). The van der Waals surface area contributed by atoms with E-state index in [1.165, 1.54) is 24.3 Å². The summed E-state index contributed by atoms with van der Waals surface area (Å²) >= 11 is 10.4. The highest BCUT2D eigenvalue weighted by atomic mass is 35.5. The zero-order chi connectivity index (χ0) is 21.1. The molecule has 0 aliphatic heterocycles. The molecule has 1 amide bonds. The van der Waals surface area contributed by atoms with Crippen molar-refractivity contribution in [2.45, 2.75) is 11.4 Å². The fourth-order valence-electron chi connectivity index (χ4n) is 2.13. The molecule has 28 heavy (non-hydrogen) atoms. The number of benzene rings is 2. The van der Waals surface area contributed by atoms with E-state index in [0.29, 0.717) is 4.90 Å². The second kappa shape index (κ2) is 8.37. The van der Waals surface area contributed by atoms with E-state index in [2.05, 4.69) is 12.2 Å². The number of nitro benzene ring substituents is 1. The van der Waals surface area contributed by atoms with Gasteiger partial charge in [-0.15, -0.1) is 0 Å². The Hall–Kier alpha value is -2.96. The maximum atomic E-state index is 12.3. The summed E-state index contributed by atoms with van der Waals surface area (Å²) in [7, 11) is -4.35. The van der Waals surface area contributed by atoms with Crippen LogP contribution in [0.5, 0.6) is 5.75 Å². The molecular formula is C15H12ClN3O7S2. The first-order valence-electron chi connectivity index (χ1n) is 7.29. The van der Waals surface area contributed by atoms with Crippen LogP contribution in [0.3, 0.4) is 0 Å². The van der Waals surface area contributed by atoms with Crippen molar-refractivity contribution in [3.63, 3.8) is 0 Å². The molecule has 0 aromatic heterocycles. The third-order valence-electron chi connectivity index (χ3n) is 3.39. The largest absolute Gasteiger partial charge is 0.465 e. The van der Waals surface area contributed by atoms with Crippen LogP contribution < -0.4 is 9.92 Å². The first kappa shape index (κ1) is 21.3. The van der Waals surface area contributed by atoms with Crippen LogP contribution in [0.4, 0.5) is 10.5 Å². The Bertz CT molecular complexity index is 1050. The monoisotopic (exact) mass is 445 g/mol. The maximum Gasteiger partial charge on any atom is 0.413 e. The number of nitro groups is 1. The van der Waals surface area contributed by atoms with E-state index in [1.54, 1.807) is 0 Å². The van der Waals surface area contributed by atoms with Crippen molar-refractivity contribution < 1.29 is 27.4 Å². The predicted molar refractivity (Wildman–Crippen MR) is 103 cm³/mol. The summed E-state index contributed by atoms with van der Waals surface area (Å²) in [5.41, 5.74) is 4.65. The van der Waals surface area contributed by atoms with E-state index in [-0.39, 0.29) is 21.2 Å². The highest BCUT2D eigenvalue weighted by Gasteiger charge is 2.25. The predicted octanol–water partition coefficient (Wildman–Crippen LogP) is 2.74. The lowest BCUT2D eigenvalue weighted by molar-refractivity contribution is -0.385. The van der Waals surface area contributed by atoms with Gasteiger partial charge in [0.15, 0.2) is 5.11 Å². The minimum atomic E-state index is -4.35. The van der Waals surface area contributed by atoms with Gasteiger partial charge in [-0.05, 0) is 36.5 Å². The zero-order valence-corrected chi connectivity index (χ0v) is 16.2. The van der Waals surface area contributed by atoms with Crippen LogP contribution in [0.1, 0.15) is 5.56 Å². The van der Waals surface area contributed by atoms with Crippen LogP contribution in [0, 0.1) is 10.1 Å². The lowest BCUT2D eigenvalue weighted by Crippen LogP contribution is -2.39. The lowest BCUT2D eigenvalue weighted by Gasteiger charge is -2.17. The van der Waals surface area contributed by atoms with Crippen molar-refractivity contribution in [1.82, 2.24) is 4.90 Å². The number of rotatable bonds is 6. The number of amides is 1. The van der Waals surface area contributed by atoms with Gasteiger partial charge >= 0.3 is 16.2 Å². The fraction of sp³-hybridized carbons (Fsp3) is 0.0667. The minimum Gasteiger partial charge on any atom is -0.465 e. The minimum absolute atomic E-state index is 0.0670. The molecule has 0 aliphatic carbocycles. The third kappa shape index (κ3) is 4.85. The molecule has 0 bridgehead atoms. The number of carbonyl (C=O) groups is 1. The molecule has 0 unspecified atom stereocenters. The van der Waals surface area contributed by atoms with Crippen molar-refractivity contribution >= 4 is 50.8 Å². The quantitative estimate of drug-likeness (QED) is 0.295. The smallest absolute Gasteiger partial charge is 0.413 e. The summed E-state index contributed by atoms with van der Waals surface area (Å²) in [6.07, 6.45) is -1.50. The van der Waals surface area contributed by atoms with Crippen molar-refractivity contribution in [3.8, 4) is 5.75 Å². The molecule has 2 aromatic carbocycles. The lowest BCUT2D eigenvalue weighted by atomic mass is 10.1. The average Bonchev–Trinajstić information content (AvgIpc) is 2.59. The molecule has 3 N–H and O–H groups in total. The number of nitrogens with two attached hydrogens (primary N) is 1. The van der Waals surface area contributed by atoms with Crippen molar-refractivity contribution in [1.29, 1.82) is 0 Å². The van der Waals surface area contributed by atoms with Crippen molar-refractivity contribution in [2.75, 3.05) is 0 Å². The van der Waals surface area contributed by atoms with Crippen LogP contribution in [-0.2, 0) is 16.7 Å². The standard InChI is InChI=1S/C15H12ClN3O7S2/c16-11-3-1-2-4-13(11)28(24,25)26-10-6-5-9(12(7-10)19(22)23)8-18(14(17)27)15(20)21/h1-7H,8H2,(H2,17,27)(H,20,21). The fourth-order valence-corrected chi connectivity index (χ4v) is 3.69. The molecule has 0 atom stereocenters. The van der Waals surface area contributed by atoms with E-state index in [4.69, 9.17) is 26.6 Å². The Morgan fingerprint density at radius 3 is 2.50 bits per heavy atom. The van der Waals surface area contributed by atoms with Gasteiger partial charge < -0.3 is 15.0 Å². The molecule has 13 heteroatoms. The normalized spacial score (nSPS) is 10.9. The van der Waals surface area contributed by atoms with Gasteiger partial charge in [-0.3, -0.25) is 10.1 Å². The summed E-state index contributed by atoms with van der Waals surface area (Å²) in [5, 5.41) is 19.8. The second-order valence-corrected chi connectivity index (χ2v) is 7.56. The number of thiocarbonyl (C=S) groups is 1. The van der Waals surface area contributed by atoms with Crippen LogP contribution in [0.15, 0.2) is 47.4 Å². The van der Waals surface area contributed by atoms with Gasteiger partial charge in [0.05, 0.1) is 28.1 Å². The number of nitrogens with zero attached hydrogens (tertiary/aromatic N) is 2. The van der Waals surface area contributed by atoms with Gasteiger partial charge in [0, 0.05) is 0 Å². The van der Waals surface area contributed by atoms with E-state index >= 15 is 0 Å². The molecule has 148 valence electrons. The zero-order valence-electron chi connectivity index (χ0n) is 13.8. The highest BCUT2D eigenvalue weighted by molar-refractivity contribution is 7.87. The van der Waals surface area contributed by atoms with Gasteiger partial charge in [0.1, 0.15) is 10.6 Å². The topological polar surface area (TPSA) is 153 Å². The molecule has 10 nitrogen and oxygen atoms in total. The Morgan fingerprint density at radius 1 is 1.32 bits per heavy atom. The molecule has 0 fully saturated rings. The molecule has 0 saturated heterocycles. The van der Waals surface area contributed by atoms with E-state index in [1.807, 2.05) is 0 Å². The SMILES string of the molecule is NC(=S)N(Cc1ccc(OS(=O)(=O)c2ccccc2Cl)cc1[N+](=O)[O-])C(=O)O. The Balaban J connectivity index is 2.40. The first-order valence-corrected chi connectivity index (χ1v) is 9.48. The van der Waals surface area contributed by atoms with Crippen LogP contribution >= 0.6 is 23.8 Å². The molecule has 0 heterocycles. The second-order valence-electron chi connectivity index (χ2n) is 5.22. The molecule has 0 aliphatic rings. The Morgan fingerprint density at radius 2 is 1.96 bits per heavy atom. The van der Waals surface area contributed by atoms with Gasteiger partial charge in [-0.2, -0.15) is 8.42 Å². The highest BCUT2D eigenvalue weighted by Crippen LogP contribution is 2.29. The summed E-state index contributed by atoms with van der Waals surface area (Å²) < 4.78 is 29.6.